The minimum atomic E-state index is -0.466. The highest BCUT2D eigenvalue weighted by Gasteiger charge is 2.29. The van der Waals surface area contributed by atoms with E-state index in [1.165, 1.54) is 12.1 Å². The van der Waals surface area contributed by atoms with Crippen LogP contribution in [-0.2, 0) is 0 Å². The van der Waals surface area contributed by atoms with E-state index in [0.29, 0.717) is 11.5 Å². The number of hydrogen-bond donors (Lipinski definition) is 2. The summed E-state index contributed by atoms with van der Waals surface area (Å²) in [6.07, 6.45) is 1.60. The highest BCUT2D eigenvalue weighted by molar-refractivity contribution is 6.33. The van der Waals surface area contributed by atoms with Crippen LogP contribution < -0.4 is 5.32 Å². The molecule has 0 aliphatic heterocycles. The summed E-state index contributed by atoms with van der Waals surface area (Å²) >= 11 is 11.4. The van der Waals surface area contributed by atoms with Crippen molar-refractivity contribution in [2.45, 2.75) is 18.9 Å². The number of nitrogens with zero attached hydrogens (tertiary/aromatic N) is 1. The summed E-state index contributed by atoms with van der Waals surface area (Å²) < 4.78 is 0. The molecule has 2 rings (SSSR count). The average Bonchev–Trinajstić information content (AvgIpc) is 3.07. The monoisotopic (exact) mass is 274 g/mol. The minimum Gasteiger partial charge on any atom is -0.391 e. The van der Waals surface area contributed by atoms with Crippen LogP contribution in [0.3, 0.4) is 0 Å². The first-order valence-electron chi connectivity index (χ1n) is 5.35. The molecular formula is C11H12Cl2N2O2. The third kappa shape index (κ3) is 3.56. The Bertz CT molecular complexity index is 415. The van der Waals surface area contributed by atoms with Crippen LogP contribution >= 0.6 is 23.2 Å². The molecule has 2 N–H and O–H groups in total. The molecular weight excluding hydrogens is 263 g/mol. The molecule has 0 spiro atoms. The number of hydrogen-bond acceptors (Lipinski definition) is 3. The van der Waals surface area contributed by atoms with Crippen LogP contribution in [0.5, 0.6) is 0 Å². The summed E-state index contributed by atoms with van der Waals surface area (Å²) in [5.41, 5.74) is 0.345. The summed E-state index contributed by atoms with van der Waals surface area (Å²) in [6.45, 7) is 0.251. The molecule has 92 valence electrons. The molecule has 0 radical (unpaired) electrons. The number of amides is 1. The lowest BCUT2D eigenvalue weighted by Gasteiger charge is -2.10. The Morgan fingerprint density at radius 1 is 1.47 bits per heavy atom. The van der Waals surface area contributed by atoms with Gasteiger partial charge in [0.05, 0.1) is 6.10 Å². The number of aliphatic hydroxyl groups is 1. The molecule has 0 aromatic carbocycles. The lowest BCUT2D eigenvalue weighted by atomic mass is 10.2. The van der Waals surface area contributed by atoms with Crippen molar-refractivity contribution in [1.82, 2.24) is 10.3 Å². The highest BCUT2D eigenvalue weighted by Crippen LogP contribution is 2.32. The van der Waals surface area contributed by atoms with E-state index >= 15 is 0 Å². The standard InChI is InChI=1S/C11H12Cl2N2O2/c12-9-3-7(4-10(13)15-9)11(17)14-5-8(16)6-1-2-6/h3-4,6,8,16H,1-2,5H2,(H,14,17). The first kappa shape index (κ1) is 12.6. The normalized spacial score (nSPS) is 16.6. The van der Waals surface area contributed by atoms with Gasteiger partial charge in [0, 0.05) is 12.1 Å². The van der Waals surface area contributed by atoms with E-state index in [4.69, 9.17) is 23.2 Å². The zero-order valence-corrected chi connectivity index (χ0v) is 10.5. The lowest BCUT2D eigenvalue weighted by molar-refractivity contribution is 0.0901. The predicted octanol–water partition coefficient (Wildman–Crippen LogP) is 1.89. The van der Waals surface area contributed by atoms with E-state index in [2.05, 4.69) is 10.3 Å². The van der Waals surface area contributed by atoms with Crippen molar-refractivity contribution >= 4 is 29.1 Å². The van der Waals surface area contributed by atoms with Gasteiger partial charge in [0.15, 0.2) is 0 Å². The number of carbonyl (C=O) groups excluding carboxylic acids is 1. The van der Waals surface area contributed by atoms with Crippen molar-refractivity contribution in [3.8, 4) is 0 Å². The first-order valence-corrected chi connectivity index (χ1v) is 6.11. The Balaban J connectivity index is 1.94. The van der Waals surface area contributed by atoms with Crippen molar-refractivity contribution in [3.63, 3.8) is 0 Å². The molecule has 1 aliphatic carbocycles. The number of pyridine rings is 1. The van der Waals surface area contributed by atoms with Gasteiger partial charge in [-0.3, -0.25) is 4.79 Å². The second-order valence-electron chi connectivity index (χ2n) is 4.12. The number of aromatic nitrogens is 1. The number of aliphatic hydroxyl groups excluding tert-OH is 1. The highest BCUT2D eigenvalue weighted by atomic mass is 35.5. The molecule has 1 atom stereocenters. The quantitative estimate of drug-likeness (QED) is 0.825. The number of halogens is 2. The third-order valence-electron chi connectivity index (χ3n) is 2.66. The van der Waals surface area contributed by atoms with E-state index < -0.39 is 6.10 Å². The van der Waals surface area contributed by atoms with Gasteiger partial charge in [0.2, 0.25) is 0 Å². The molecule has 1 aromatic heterocycles. The fraction of sp³-hybridized carbons (Fsp3) is 0.455. The molecule has 1 unspecified atom stereocenters. The van der Waals surface area contributed by atoms with Gasteiger partial charge in [0.1, 0.15) is 10.3 Å². The van der Waals surface area contributed by atoms with Gasteiger partial charge in [-0.2, -0.15) is 0 Å². The summed E-state index contributed by atoms with van der Waals surface area (Å²) in [5.74, 6) is 0.0239. The molecule has 17 heavy (non-hydrogen) atoms. The molecule has 1 saturated carbocycles. The molecule has 0 bridgehead atoms. The molecule has 1 amide bonds. The van der Waals surface area contributed by atoms with E-state index in [-0.39, 0.29) is 22.8 Å². The minimum absolute atomic E-state index is 0.172. The fourth-order valence-electron chi connectivity index (χ4n) is 1.54. The van der Waals surface area contributed by atoms with Gasteiger partial charge < -0.3 is 10.4 Å². The van der Waals surface area contributed by atoms with Gasteiger partial charge >= 0.3 is 0 Å². The maximum atomic E-state index is 11.7. The van der Waals surface area contributed by atoms with E-state index in [9.17, 15) is 9.90 Å². The average molecular weight is 275 g/mol. The van der Waals surface area contributed by atoms with Gasteiger partial charge in [-0.1, -0.05) is 23.2 Å². The van der Waals surface area contributed by atoms with Crippen LogP contribution in [0.1, 0.15) is 23.2 Å². The number of rotatable bonds is 4. The van der Waals surface area contributed by atoms with Crippen molar-refractivity contribution in [3.05, 3.63) is 28.0 Å². The molecule has 1 heterocycles. The van der Waals surface area contributed by atoms with Crippen LogP contribution in [0, 0.1) is 5.92 Å². The Morgan fingerprint density at radius 2 is 2.06 bits per heavy atom. The molecule has 4 nitrogen and oxygen atoms in total. The SMILES string of the molecule is O=C(NCC(O)C1CC1)c1cc(Cl)nc(Cl)c1. The smallest absolute Gasteiger partial charge is 0.251 e. The lowest BCUT2D eigenvalue weighted by Crippen LogP contribution is -2.33. The second kappa shape index (κ2) is 5.21. The molecule has 1 aromatic rings. The van der Waals surface area contributed by atoms with Gasteiger partial charge in [-0.05, 0) is 30.9 Å². The van der Waals surface area contributed by atoms with Crippen molar-refractivity contribution in [2.24, 2.45) is 5.92 Å². The fourth-order valence-corrected chi connectivity index (χ4v) is 2.00. The Morgan fingerprint density at radius 3 is 2.59 bits per heavy atom. The van der Waals surface area contributed by atoms with Gasteiger partial charge in [0.25, 0.3) is 5.91 Å². The topological polar surface area (TPSA) is 62.2 Å². The largest absolute Gasteiger partial charge is 0.391 e. The third-order valence-corrected chi connectivity index (χ3v) is 3.05. The van der Waals surface area contributed by atoms with Crippen LogP contribution in [-0.4, -0.2) is 28.6 Å². The molecule has 1 fully saturated rings. The Kier molecular flexibility index (Phi) is 3.86. The van der Waals surface area contributed by atoms with Crippen LogP contribution in [0.15, 0.2) is 12.1 Å². The zero-order valence-electron chi connectivity index (χ0n) is 8.99. The maximum absolute atomic E-state index is 11.7. The summed E-state index contributed by atoms with van der Waals surface area (Å²) in [6, 6.07) is 2.87. The van der Waals surface area contributed by atoms with Gasteiger partial charge in [-0.15, -0.1) is 0 Å². The van der Waals surface area contributed by atoms with E-state index in [0.717, 1.165) is 12.8 Å². The number of carbonyl (C=O) groups is 1. The molecule has 0 saturated heterocycles. The molecule has 1 aliphatic rings. The van der Waals surface area contributed by atoms with Crippen LogP contribution in [0.25, 0.3) is 0 Å². The van der Waals surface area contributed by atoms with Crippen molar-refractivity contribution < 1.29 is 9.90 Å². The number of nitrogens with one attached hydrogen (secondary N) is 1. The van der Waals surface area contributed by atoms with E-state index in [1.54, 1.807) is 0 Å². The summed E-state index contributed by atoms with van der Waals surface area (Å²) in [4.78, 5) is 15.5. The van der Waals surface area contributed by atoms with E-state index in [1.807, 2.05) is 0 Å². The first-order chi connectivity index (χ1) is 8.06. The maximum Gasteiger partial charge on any atom is 0.251 e. The van der Waals surface area contributed by atoms with Crippen molar-refractivity contribution in [2.75, 3.05) is 6.54 Å². The van der Waals surface area contributed by atoms with Crippen molar-refractivity contribution in [1.29, 1.82) is 0 Å². The molecule has 6 heteroatoms. The van der Waals surface area contributed by atoms with Crippen LogP contribution in [0.2, 0.25) is 10.3 Å². The predicted molar refractivity (Wildman–Crippen MR) is 65.3 cm³/mol. The summed E-state index contributed by atoms with van der Waals surface area (Å²) in [7, 11) is 0. The van der Waals surface area contributed by atoms with Crippen LogP contribution in [0.4, 0.5) is 0 Å². The second-order valence-corrected chi connectivity index (χ2v) is 4.89. The Hall–Kier alpha value is -0.840. The Labute approximate surface area is 109 Å². The summed E-state index contributed by atoms with van der Waals surface area (Å²) in [5, 5.41) is 12.6. The zero-order chi connectivity index (χ0) is 12.4. The van der Waals surface area contributed by atoms with Gasteiger partial charge in [-0.25, -0.2) is 4.98 Å².